The molecule has 2 fully saturated rings. The largest absolute Gasteiger partial charge is 0.367 e. The summed E-state index contributed by atoms with van der Waals surface area (Å²) in [6, 6.07) is 1.92. The molecule has 2 aliphatic heterocycles. The highest BCUT2D eigenvalue weighted by Crippen LogP contribution is 2.25. The third-order valence-electron chi connectivity index (χ3n) is 4.23. The Balaban J connectivity index is 1.57. The first-order valence-corrected chi connectivity index (χ1v) is 7.96. The first-order valence-electron chi connectivity index (χ1n) is 7.58. The quantitative estimate of drug-likeness (QED) is 0.802. The van der Waals surface area contributed by atoms with Crippen LogP contribution in [0.25, 0.3) is 0 Å². The van der Waals surface area contributed by atoms with Gasteiger partial charge in [0, 0.05) is 51.7 Å². The Bertz CT molecular complexity index is 534. The second-order valence-corrected chi connectivity index (χ2v) is 6.17. The predicted molar refractivity (Wildman–Crippen MR) is 85.3 cm³/mol. The Morgan fingerprint density at radius 1 is 1.32 bits per heavy atom. The number of halogens is 1. The van der Waals surface area contributed by atoms with Gasteiger partial charge in [-0.05, 0) is 13.1 Å². The highest BCUT2D eigenvalue weighted by Gasteiger charge is 2.31. The molecule has 0 radical (unpaired) electrons. The normalized spacial score (nSPS) is 23.6. The third kappa shape index (κ3) is 3.34. The van der Waals surface area contributed by atoms with Crippen molar-refractivity contribution in [3.63, 3.8) is 0 Å². The molecule has 0 N–H and O–H groups in total. The van der Waals surface area contributed by atoms with Crippen LogP contribution >= 0.6 is 11.6 Å². The monoisotopic (exact) mass is 324 g/mol. The molecule has 6 nitrogen and oxygen atoms in total. The van der Waals surface area contributed by atoms with Gasteiger partial charge < -0.3 is 19.4 Å². The lowest BCUT2D eigenvalue weighted by molar-refractivity contribution is -0.149. The number of hydrogen-bond donors (Lipinski definition) is 0. The molecule has 3 rings (SSSR count). The van der Waals surface area contributed by atoms with Crippen LogP contribution in [0, 0.1) is 0 Å². The van der Waals surface area contributed by atoms with Crippen molar-refractivity contribution in [2.24, 2.45) is 0 Å². The van der Waals surface area contributed by atoms with Crippen LogP contribution in [-0.4, -0.2) is 79.7 Å². The van der Waals surface area contributed by atoms with Crippen molar-refractivity contribution in [3.8, 4) is 0 Å². The smallest absolute Gasteiger partial charge is 0.253 e. The molecule has 120 valence electrons. The summed E-state index contributed by atoms with van der Waals surface area (Å²) in [6.45, 7) is 5.13. The molecule has 0 saturated carbocycles. The number of pyridine rings is 1. The Morgan fingerprint density at radius 2 is 2.09 bits per heavy atom. The molecule has 0 aromatic carbocycles. The maximum Gasteiger partial charge on any atom is 0.253 e. The number of carbonyl (C=O) groups excluding carboxylic acids is 1. The minimum Gasteiger partial charge on any atom is -0.367 e. The van der Waals surface area contributed by atoms with E-state index in [2.05, 4.69) is 14.8 Å². The van der Waals surface area contributed by atoms with Crippen molar-refractivity contribution < 1.29 is 9.53 Å². The number of aromatic nitrogens is 1. The molecular formula is C15H21ClN4O2. The van der Waals surface area contributed by atoms with Crippen LogP contribution in [-0.2, 0) is 9.53 Å². The molecule has 7 heteroatoms. The molecule has 22 heavy (non-hydrogen) atoms. The lowest BCUT2D eigenvalue weighted by Crippen LogP contribution is -2.55. The Kier molecular flexibility index (Phi) is 4.81. The number of rotatable bonds is 2. The molecular weight excluding hydrogens is 304 g/mol. The molecule has 2 aliphatic rings. The van der Waals surface area contributed by atoms with Crippen molar-refractivity contribution in [2.45, 2.75) is 6.10 Å². The zero-order valence-corrected chi connectivity index (χ0v) is 13.5. The van der Waals surface area contributed by atoms with Gasteiger partial charge in [-0.3, -0.25) is 9.78 Å². The molecule has 1 atom stereocenters. The van der Waals surface area contributed by atoms with Gasteiger partial charge in [-0.25, -0.2) is 0 Å². The minimum absolute atomic E-state index is 0.104. The van der Waals surface area contributed by atoms with Crippen LogP contribution < -0.4 is 4.90 Å². The van der Waals surface area contributed by atoms with Gasteiger partial charge in [0.05, 0.1) is 17.3 Å². The van der Waals surface area contributed by atoms with E-state index in [-0.39, 0.29) is 12.0 Å². The van der Waals surface area contributed by atoms with Crippen LogP contribution in [0.4, 0.5) is 5.69 Å². The van der Waals surface area contributed by atoms with Gasteiger partial charge >= 0.3 is 0 Å². The summed E-state index contributed by atoms with van der Waals surface area (Å²) in [4.78, 5) is 22.8. The van der Waals surface area contributed by atoms with Gasteiger partial charge in [0.25, 0.3) is 5.91 Å². The van der Waals surface area contributed by atoms with Crippen LogP contribution in [0.5, 0.6) is 0 Å². The van der Waals surface area contributed by atoms with E-state index in [0.29, 0.717) is 31.3 Å². The SMILES string of the molecule is CN1CCO[C@@H](C(=O)N2CCN(c3ccncc3Cl)CC2)C1. The van der Waals surface area contributed by atoms with Gasteiger partial charge in [-0.2, -0.15) is 0 Å². The molecule has 0 spiro atoms. The number of morpholine rings is 1. The molecule has 1 aromatic heterocycles. The van der Waals surface area contributed by atoms with E-state index in [1.54, 1.807) is 12.4 Å². The third-order valence-corrected chi connectivity index (χ3v) is 4.52. The van der Waals surface area contributed by atoms with Gasteiger partial charge in [-0.15, -0.1) is 0 Å². The standard InChI is InChI=1S/C15H21ClN4O2/c1-18-8-9-22-14(11-18)15(21)20-6-4-19(5-7-20)13-2-3-17-10-12(13)16/h2-3,10,14H,4-9,11H2,1H3/t14-/m1/s1. The average molecular weight is 325 g/mol. The van der Waals surface area contributed by atoms with Crippen LogP contribution in [0.1, 0.15) is 0 Å². The summed E-state index contributed by atoms with van der Waals surface area (Å²) in [7, 11) is 2.02. The summed E-state index contributed by atoms with van der Waals surface area (Å²) >= 11 is 6.18. The maximum absolute atomic E-state index is 12.5. The van der Waals surface area contributed by atoms with Gasteiger partial charge in [-0.1, -0.05) is 11.6 Å². The fourth-order valence-electron chi connectivity index (χ4n) is 2.92. The van der Waals surface area contributed by atoms with E-state index in [1.165, 1.54) is 0 Å². The van der Waals surface area contributed by atoms with E-state index < -0.39 is 0 Å². The minimum atomic E-state index is -0.324. The van der Waals surface area contributed by atoms with Crippen molar-refractivity contribution in [1.82, 2.24) is 14.8 Å². The molecule has 0 bridgehead atoms. The highest BCUT2D eigenvalue weighted by atomic mass is 35.5. The maximum atomic E-state index is 12.5. The van der Waals surface area contributed by atoms with E-state index in [4.69, 9.17) is 16.3 Å². The number of nitrogens with zero attached hydrogens (tertiary/aromatic N) is 4. The van der Waals surface area contributed by atoms with Crippen molar-refractivity contribution in [2.75, 3.05) is 57.8 Å². The molecule has 1 aromatic rings. The number of ether oxygens (including phenoxy) is 1. The van der Waals surface area contributed by atoms with Crippen molar-refractivity contribution >= 4 is 23.2 Å². The Morgan fingerprint density at radius 3 is 2.77 bits per heavy atom. The van der Waals surface area contributed by atoms with Crippen molar-refractivity contribution in [3.05, 3.63) is 23.5 Å². The summed E-state index contributed by atoms with van der Waals surface area (Å²) in [5.74, 6) is 0.104. The van der Waals surface area contributed by atoms with Gasteiger partial charge in [0.2, 0.25) is 0 Å². The van der Waals surface area contributed by atoms with E-state index in [1.807, 2.05) is 18.0 Å². The average Bonchev–Trinajstić information content (AvgIpc) is 2.55. The van der Waals surface area contributed by atoms with E-state index in [9.17, 15) is 4.79 Å². The summed E-state index contributed by atoms with van der Waals surface area (Å²) in [5, 5.41) is 0.652. The van der Waals surface area contributed by atoms with E-state index >= 15 is 0 Å². The summed E-state index contributed by atoms with van der Waals surface area (Å²) in [5.41, 5.74) is 0.984. The Labute approximate surface area is 135 Å². The van der Waals surface area contributed by atoms with Crippen LogP contribution in [0.2, 0.25) is 5.02 Å². The number of piperazine rings is 1. The number of carbonyl (C=O) groups is 1. The summed E-state index contributed by atoms with van der Waals surface area (Å²) < 4.78 is 5.62. The zero-order chi connectivity index (χ0) is 15.5. The number of hydrogen-bond acceptors (Lipinski definition) is 5. The first kappa shape index (κ1) is 15.5. The number of anilines is 1. The second kappa shape index (κ2) is 6.81. The zero-order valence-electron chi connectivity index (χ0n) is 12.7. The first-order chi connectivity index (χ1) is 10.6. The second-order valence-electron chi connectivity index (χ2n) is 5.76. The lowest BCUT2D eigenvalue weighted by atomic mass is 10.2. The lowest BCUT2D eigenvalue weighted by Gasteiger charge is -2.39. The number of amides is 1. The van der Waals surface area contributed by atoms with Crippen LogP contribution in [0.3, 0.4) is 0 Å². The fraction of sp³-hybridized carbons (Fsp3) is 0.600. The molecule has 0 aliphatic carbocycles. The molecule has 0 unspecified atom stereocenters. The predicted octanol–water partition coefficient (Wildman–Crippen LogP) is 0.714. The van der Waals surface area contributed by atoms with Crippen LogP contribution in [0.15, 0.2) is 18.5 Å². The van der Waals surface area contributed by atoms with E-state index in [0.717, 1.165) is 25.3 Å². The fourth-order valence-corrected chi connectivity index (χ4v) is 3.16. The number of likely N-dealkylation sites (N-methyl/N-ethyl adjacent to an activating group) is 1. The summed E-state index contributed by atoms with van der Waals surface area (Å²) in [6.07, 6.45) is 3.07. The Hall–Kier alpha value is -1.37. The topological polar surface area (TPSA) is 48.9 Å². The van der Waals surface area contributed by atoms with Crippen molar-refractivity contribution in [1.29, 1.82) is 0 Å². The highest BCUT2D eigenvalue weighted by molar-refractivity contribution is 6.33. The molecule has 2 saturated heterocycles. The molecule has 3 heterocycles. The molecule has 1 amide bonds. The van der Waals surface area contributed by atoms with Gasteiger partial charge in [0.1, 0.15) is 6.10 Å². The van der Waals surface area contributed by atoms with Gasteiger partial charge in [0.15, 0.2) is 0 Å².